The predicted octanol–water partition coefficient (Wildman–Crippen LogP) is 4.21. The summed E-state index contributed by atoms with van der Waals surface area (Å²) in [6.07, 6.45) is 0. The van der Waals surface area contributed by atoms with Crippen LogP contribution in [-0.2, 0) is 0 Å². The highest BCUT2D eigenvalue weighted by Crippen LogP contribution is 2.13. The molecule has 3 N–H and O–H groups in total. The van der Waals surface area contributed by atoms with Crippen molar-refractivity contribution in [3.63, 3.8) is 0 Å². The number of fused-ring (bicyclic) bond motifs is 2. The van der Waals surface area contributed by atoms with Crippen molar-refractivity contribution < 1.29 is 0 Å². The van der Waals surface area contributed by atoms with Gasteiger partial charge in [-0.3, -0.25) is 0 Å². The minimum atomic E-state index is 0.446. The lowest BCUT2D eigenvalue weighted by molar-refractivity contribution is 1.14. The number of hydrogen-bond acceptors (Lipinski definition) is 3. The molecule has 0 saturated carbocycles. The number of hydrogen-bond donors (Lipinski definition) is 3. The summed E-state index contributed by atoms with van der Waals surface area (Å²) in [6.45, 7) is 2.94. The van der Waals surface area contributed by atoms with Crippen molar-refractivity contribution in [3.8, 4) is 0 Å². The Labute approximate surface area is 132 Å². The van der Waals surface area contributed by atoms with Gasteiger partial charge in [-0.05, 0) is 42.8 Å². The van der Waals surface area contributed by atoms with Crippen molar-refractivity contribution in [3.05, 3.63) is 53.8 Å². The zero-order valence-electron chi connectivity index (χ0n) is 12.1. The zero-order chi connectivity index (χ0) is 15.4. The Morgan fingerprint density at radius 3 is 2.09 bits per heavy atom. The maximum Gasteiger partial charge on any atom is 0.201 e. The first-order valence-electron chi connectivity index (χ1n) is 7.05. The van der Waals surface area contributed by atoms with E-state index in [0.29, 0.717) is 5.28 Å². The van der Waals surface area contributed by atoms with Gasteiger partial charge in [0.05, 0.1) is 22.1 Å². The number of aromatic amines is 2. The fourth-order valence-electron chi connectivity index (χ4n) is 2.13. The van der Waals surface area contributed by atoms with Gasteiger partial charge in [-0.15, -0.1) is 0 Å². The van der Waals surface area contributed by atoms with Crippen LogP contribution >= 0.6 is 11.6 Å². The van der Waals surface area contributed by atoms with Gasteiger partial charge in [0, 0.05) is 6.54 Å². The van der Waals surface area contributed by atoms with Crippen molar-refractivity contribution in [2.45, 2.75) is 6.92 Å². The molecule has 0 aliphatic carbocycles. The highest BCUT2D eigenvalue weighted by Gasteiger charge is 1.98. The molecular formula is C16H16ClN5. The van der Waals surface area contributed by atoms with E-state index < -0.39 is 0 Å². The van der Waals surface area contributed by atoms with Crippen molar-refractivity contribution in [2.75, 3.05) is 11.9 Å². The van der Waals surface area contributed by atoms with Gasteiger partial charge in [-0.1, -0.05) is 24.3 Å². The molecule has 0 fully saturated rings. The average Bonchev–Trinajstić information content (AvgIpc) is 3.09. The molecule has 4 rings (SSSR count). The fourth-order valence-corrected chi connectivity index (χ4v) is 2.32. The Bertz CT molecular complexity index is 814. The second-order valence-electron chi connectivity index (χ2n) is 4.68. The molecule has 0 bridgehead atoms. The number of para-hydroxylation sites is 4. The molecule has 0 amide bonds. The van der Waals surface area contributed by atoms with Crippen LogP contribution in [0.1, 0.15) is 6.92 Å². The lowest BCUT2D eigenvalue weighted by atomic mass is 10.3. The van der Waals surface area contributed by atoms with Crippen molar-refractivity contribution >= 4 is 39.6 Å². The largest absolute Gasteiger partial charge is 0.356 e. The second kappa shape index (κ2) is 6.49. The van der Waals surface area contributed by atoms with Gasteiger partial charge in [-0.2, -0.15) is 0 Å². The Hall–Kier alpha value is -2.53. The summed E-state index contributed by atoms with van der Waals surface area (Å²) in [6, 6.07) is 15.7. The minimum absolute atomic E-state index is 0.446. The number of anilines is 1. The number of rotatable bonds is 2. The van der Waals surface area contributed by atoms with Gasteiger partial charge in [0.2, 0.25) is 11.2 Å². The molecule has 4 aromatic rings. The van der Waals surface area contributed by atoms with Gasteiger partial charge in [0.15, 0.2) is 0 Å². The molecule has 112 valence electrons. The first-order valence-corrected chi connectivity index (χ1v) is 7.43. The maximum absolute atomic E-state index is 5.62. The molecule has 2 heterocycles. The van der Waals surface area contributed by atoms with E-state index in [1.165, 1.54) is 0 Å². The third-order valence-electron chi connectivity index (χ3n) is 3.09. The first kappa shape index (κ1) is 14.4. The monoisotopic (exact) mass is 313 g/mol. The number of nitrogens with zero attached hydrogens (tertiary/aromatic N) is 2. The van der Waals surface area contributed by atoms with Crippen LogP contribution in [0.3, 0.4) is 0 Å². The molecule has 0 aliphatic rings. The second-order valence-corrected chi connectivity index (χ2v) is 5.04. The van der Waals surface area contributed by atoms with Crippen LogP contribution in [0.15, 0.2) is 48.5 Å². The number of nitrogens with one attached hydrogen (secondary N) is 3. The van der Waals surface area contributed by atoms with E-state index in [1.807, 2.05) is 55.5 Å². The third kappa shape index (κ3) is 3.20. The van der Waals surface area contributed by atoms with Crippen LogP contribution < -0.4 is 5.32 Å². The Kier molecular flexibility index (Phi) is 4.25. The van der Waals surface area contributed by atoms with Gasteiger partial charge >= 0.3 is 0 Å². The van der Waals surface area contributed by atoms with Crippen LogP contribution in [0.4, 0.5) is 5.95 Å². The Morgan fingerprint density at radius 2 is 1.50 bits per heavy atom. The molecule has 0 radical (unpaired) electrons. The molecule has 0 unspecified atom stereocenters. The molecule has 0 aliphatic heterocycles. The Morgan fingerprint density at radius 1 is 0.909 bits per heavy atom. The molecule has 5 nitrogen and oxygen atoms in total. The van der Waals surface area contributed by atoms with Crippen LogP contribution in [-0.4, -0.2) is 26.5 Å². The van der Waals surface area contributed by atoms with E-state index in [2.05, 4.69) is 25.3 Å². The summed E-state index contributed by atoms with van der Waals surface area (Å²) < 4.78 is 0. The number of aromatic nitrogens is 4. The SMILES string of the molecule is CCNc1nc2ccccc2[nH]1.Clc1nc2ccccc2[nH]1. The van der Waals surface area contributed by atoms with Crippen LogP contribution in [0.2, 0.25) is 5.28 Å². The molecule has 0 atom stereocenters. The van der Waals surface area contributed by atoms with Gasteiger partial charge in [0.25, 0.3) is 0 Å². The molecule has 0 spiro atoms. The van der Waals surface area contributed by atoms with E-state index in [-0.39, 0.29) is 0 Å². The number of halogens is 1. The topological polar surface area (TPSA) is 69.4 Å². The third-order valence-corrected chi connectivity index (χ3v) is 3.27. The summed E-state index contributed by atoms with van der Waals surface area (Å²) >= 11 is 5.62. The predicted molar refractivity (Wildman–Crippen MR) is 91.4 cm³/mol. The van der Waals surface area contributed by atoms with Gasteiger partial charge in [-0.25, -0.2) is 9.97 Å². The molecule has 22 heavy (non-hydrogen) atoms. The highest BCUT2D eigenvalue weighted by atomic mass is 35.5. The highest BCUT2D eigenvalue weighted by molar-refractivity contribution is 6.29. The normalized spacial score (nSPS) is 10.5. The average molecular weight is 314 g/mol. The van der Waals surface area contributed by atoms with E-state index in [9.17, 15) is 0 Å². The molecule has 2 aromatic carbocycles. The van der Waals surface area contributed by atoms with Gasteiger partial charge in [0.1, 0.15) is 0 Å². The van der Waals surface area contributed by atoms with E-state index >= 15 is 0 Å². The zero-order valence-corrected chi connectivity index (χ0v) is 12.9. The lowest BCUT2D eigenvalue weighted by Gasteiger charge is -1.93. The fraction of sp³-hybridized carbons (Fsp3) is 0.125. The van der Waals surface area contributed by atoms with E-state index in [0.717, 1.165) is 34.6 Å². The summed E-state index contributed by atoms with van der Waals surface area (Å²) in [5, 5.41) is 3.58. The van der Waals surface area contributed by atoms with Crippen molar-refractivity contribution in [1.82, 2.24) is 19.9 Å². The first-order chi connectivity index (χ1) is 10.8. The van der Waals surface area contributed by atoms with Crippen LogP contribution in [0.25, 0.3) is 22.1 Å². The molecule has 6 heteroatoms. The van der Waals surface area contributed by atoms with E-state index in [4.69, 9.17) is 11.6 Å². The standard InChI is InChI=1S/C9H11N3.C7H5ClN2/c1-2-10-9-11-7-5-3-4-6-8(7)12-9;8-7-9-5-3-1-2-4-6(5)10-7/h3-6H,2H2,1H3,(H2,10,11,12);1-4H,(H,9,10). The lowest BCUT2D eigenvalue weighted by Crippen LogP contribution is -1.97. The molecular weight excluding hydrogens is 298 g/mol. The molecule has 0 saturated heterocycles. The summed E-state index contributed by atoms with van der Waals surface area (Å²) in [5.41, 5.74) is 3.97. The summed E-state index contributed by atoms with van der Waals surface area (Å²) in [5.74, 6) is 0.846. The number of benzene rings is 2. The Balaban J connectivity index is 0.000000133. The molecule has 2 aromatic heterocycles. The maximum atomic E-state index is 5.62. The van der Waals surface area contributed by atoms with Crippen LogP contribution in [0, 0.1) is 0 Å². The quantitative estimate of drug-likeness (QED) is 0.519. The van der Waals surface area contributed by atoms with Crippen molar-refractivity contribution in [1.29, 1.82) is 0 Å². The van der Waals surface area contributed by atoms with Gasteiger partial charge < -0.3 is 15.3 Å². The van der Waals surface area contributed by atoms with Crippen LogP contribution in [0.5, 0.6) is 0 Å². The minimum Gasteiger partial charge on any atom is -0.356 e. The summed E-state index contributed by atoms with van der Waals surface area (Å²) in [4.78, 5) is 14.4. The van der Waals surface area contributed by atoms with E-state index in [1.54, 1.807) is 0 Å². The number of imidazole rings is 2. The smallest absolute Gasteiger partial charge is 0.201 e. The summed E-state index contributed by atoms with van der Waals surface area (Å²) in [7, 11) is 0. The van der Waals surface area contributed by atoms with Crippen molar-refractivity contribution in [2.24, 2.45) is 0 Å². The number of H-pyrrole nitrogens is 2.